The van der Waals surface area contributed by atoms with Crippen LogP contribution in [0.25, 0.3) is 0 Å². The third-order valence-corrected chi connectivity index (χ3v) is 5.38. The molecular weight excluding hydrogens is 388 g/mol. The molecule has 3 amide bonds. The summed E-state index contributed by atoms with van der Waals surface area (Å²) < 4.78 is 5.17. The van der Waals surface area contributed by atoms with Crippen molar-refractivity contribution >= 4 is 28.8 Å². The molecule has 0 atom stereocenters. The highest BCUT2D eigenvalue weighted by atomic mass is 32.2. The van der Waals surface area contributed by atoms with Gasteiger partial charge >= 0.3 is 0 Å². The van der Waals surface area contributed by atoms with Crippen molar-refractivity contribution in [3.05, 3.63) is 77.9 Å². The van der Waals surface area contributed by atoms with Crippen LogP contribution in [0.3, 0.4) is 0 Å². The van der Waals surface area contributed by atoms with E-state index in [2.05, 4.69) is 6.58 Å². The summed E-state index contributed by atoms with van der Waals surface area (Å²) in [5.74, 6) is 0.583. The van der Waals surface area contributed by atoms with Crippen LogP contribution in [-0.2, 0) is 17.9 Å². The Morgan fingerprint density at radius 2 is 1.97 bits per heavy atom. The third kappa shape index (κ3) is 5.06. The van der Waals surface area contributed by atoms with Crippen molar-refractivity contribution in [2.24, 2.45) is 0 Å². The molecule has 0 bridgehead atoms. The van der Waals surface area contributed by atoms with Crippen LogP contribution < -0.4 is 4.74 Å². The summed E-state index contributed by atoms with van der Waals surface area (Å²) in [6.45, 7) is 4.75. The van der Waals surface area contributed by atoms with Crippen LogP contribution >= 0.6 is 11.8 Å². The summed E-state index contributed by atoms with van der Waals surface area (Å²) in [5.41, 5.74) is 2.22. The standard InChI is InChI=1S/C22H22N2O4S/c1-3-11-23(13-16-7-9-19(28-2)10-8-16)21(26)18-6-4-5-17(12-18)14-24-20(25)15-29-22(24)27/h3-10,12H,1,11,13-15H2,2H3. The zero-order valence-corrected chi connectivity index (χ0v) is 17.0. The van der Waals surface area contributed by atoms with Crippen molar-refractivity contribution in [3.63, 3.8) is 0 Å². The number of benzene rings is 2. The second-order valence-electron chi connectivity index (χ2n) is 6.56. The van der Waals surface area contributed by atoms with Gasteiger partial charge in [-0.15, -0.1) is 6.58 Å². The lowest BCUT2D eigenvalue weighted by Crippen LogP contribution is -2.31. The Hall–Kier alpha value is -3.06. The van der Waals surface area contributed by atoms with E-state index in [0.29, 0.717) is 18.7 Å². The molecule has 2 aromatic rings. The topological polar surface area (TPSA) is 66.9 Å². The van der Waals surface area contributed by atoms with Crippen LogP contribution in [-0.4, -0.2) is 46.3 Å². The number of thioether (sulfide) groups is 1. The maximum atomic E-state index is 13.1. The molecule has 1 saturated heterocycles. The minimum absolute atomic E-state index is 0.143. The number of imide groups is 1. The van der Waals surface area contributed by atoms with E-state index in [-0.39, 0.29) is 29.4 Å². The van der Waals surface area contributed by atoms with Gasteiger partial charge < -0.3 is 9.64 Å². The molecule has 1 aliphatic rings. The van der Waals surface area contributed by atoms with E-state index in [1.165, 1.54) is 4.90 Å². The first-order valence-corrected chi connectivity index (χ1v) is 10.1. The summed E-state index contributed by atoms with van der Waals surface area (Å²) in [6.07, 6.45) is 1.68. The normalized spacial score (nSPS) is 13.5. The predicted octanol–water partition coefficient (Wildman–Crippen LogP) is 3.72. The highest BCUT2D eigenvalue weighted by Crippen LogP contribution is 2.22. The number of nitrogens with zero attached hydrogens (tertiary/aromatic N) is 2. The van der Waals surface area contributed by atoms with Crippen LogP contribution in [0.1, 0.15) is 21.5 Å². The van der Waals surface area contributed by atoms with Crippen LogP contribution in [0.15, 0.2) is 61.2 Å². The lowest BCUT2D eigenvalue weighted by molar-refractivity contribution is -0.125. The second-order valence-corrected chi connectivity index (χ2v) is 7.48. The molecule has 7 heteroatoms. The number of hydrogen-bond acceptors (Lipinski definition) is 5. The van der Waals surface area contributed by atoms with Crippen molar-refractivity contribution in [2.75, 3.05) is 19.4 Å². The Morgan fingerprint density at radius 3 is 2.59 bits per heavy atom. The van der Waals surface area contributed by atoms with Crippen LogP contribution in [0.4, 0.5) is 4.79 Å². The molecule has 2 aromatic carbocycles. The van der Waals surface area contributed by atoms with Crippen LogP contribution in [0, 0.1) is 0 Å². The minimum Gasteiger partial charge on any atom is -0.497 e. The molecule has 29 heavy (non-hydrogen) atoms. The van der Waals surface area contributed by atoms with Crippen LogP contribution in [0.5, 0.6) is 5.75 Å². The van der Waals surface area contributed by atoms with Gasteiger partial charge in [-0.25, -0.2) is 0 Å². The molecule has 0 aromatic heterocycles. The van der Waals surface area contributed by atoms with Gasteiger partial charge in [-0.1, -0.05) is 42.1 Å². The highest BCUT2D eigenvalue weighted by molar-refractivity contribution is 8.14. The van der Waals surface area contributed by atoms with E-state index < -0.39 is 0 Å². The lowest BCUT2D eigenvalue weighted by Gasteiger charge is -2.22. The van der Waals surface area contributed by atoms with Crippen LogP contribution in [0.2, 0.25) is 0 Å². The fourth-order valence-electron chi connectivity index (χ4n) is 3.03. The fourth-order valence-corrected chi connectivity index (χ4v) is 3.75. The first-order valence-electron chi connectivity index (χ1n) is 9.11. The molecule has 6 nitrogen and oxygen atoms in total. The molecular formula is C22H22N2O4S. The molecule has 0 radical (unpaired) electrons. The van der Waals surface area contributed by atoms with Gasteiger partial charge in [-0.2, -0.15) is 0 Å². The van der Waals surface area contributed by atoms with Crippen molar-refractivity contribution in [3.8, 4) is 5.75 Å². The summed E-state index contributed by atoms with van der Waals surface area (Å²) >= 11 is 1.00. The average molecular weight is 410 g/mol. The molecule has 3 rings (SSSR count). The SMILES string of the molecule is C=CCN(Cc1ccc(OC)cc1)C(=O)c1cccc(CN2C(=O)CSC2=O)c1. The molecule has 1 aliphatic heterocycles. The van der Waals surface area contributed by atoms with Gasteiger partial charge in [-0.05, 0) is 35.4 Å². The van der Waals surface area contributed by atoms with Crippen molar-refractivity contribution in [1.29, 1.82) is 0 Å². The monoisotopic (exact) mass is 410 g/mol. The Balaban J connectivity index is 1.76. The largest absolute Gasteiger partial charge is 0.497 e. The molecule has 0 saturated carbocycles. The highest BCUT2D eigenvalue weighted by Gasteiger charge is 2.29. The molecule has 0 N–H and O–H groups in total. The number of amides is 3. The van der Waals surface area contributed by atoms with Gasteiger partial charge in [0.15, 0.2) is 0 Å². The van der Waals surface area contributed by atoms with Gasteiger partial charge in [-0.3, -0.25) is 19.3 Å². The van der Waals surface area contributed by atoms with Gasteiger partial charge in [0.2, 0.25) is 5.91 Å². The Morgan fingerprint density at radius 1 is 1.21 bits per heavy atom. The number of rotatable bonds is 8. The first kappa shape index (κ1) is 20.7. The van der Waals surface area contributed by atoms with Crippen molar-refractivity contribution in [2.45, 2.75) is 13.1 Å². The molecule has 0 unspecified atom stereocenters. The number of hydrogen-bond donors (Lipinski definition) is 0. The zero-order valence-electron chi connectivity index (χ0n) is 16.2. The van der Waals surface area contributed by atoms with Gasteiger partial charge in [0.25, 0.3) is 11.1 Å². The number of carbonyl (C=O) groups is 3. The zero-order chi connectivity index (χ0) is 20.8. The quantitative estimate of drug-likeness (QED) is 0.621. The number of carbonyl (C=O) groups excluding carboxylic acids is 3. The summed E-state index contributed by atoms with van der Waals surface area (Å²) in [5, 5.41) is -0.250. The van der Waals surface area contributed by atoms with Crippen molar-refractivity contribution < 1.29 is 19.1 Å². The summed E-state index contributed by atoms with van der Waals surface area (Å²) in [6, 6.07) is 14.6. The second kappa shape index (κ2) is 9.43. The number of ether oxygens (including phenoxy) is 1. The molecule has 150 valence electrons. The fraction of sp³-hybridized carbons (Fsp3) is 0.227. The Labute approximate surface area is 174 Å². The minimum atomic E-state index is -0.250. The lowest BCUT2D eigenvalue weighted by atomic mass is 10.1. The van der Waals surface area contributed by atoms with E-state index in [4.69, 9.17) is 4.74 Å². The molecule has 0 spiro atoms. The Bertz CT molecular complexity index is 911. The predicted molar refractivity (Wildman–Crippen MR) is 113 cm³/mol. The summed E-state index contributed by atoms with van der Waals surface area (Å²) in [7, 11) is 1.61. The van der Waals surface area contributed by atoms with Crippen molar-refractivity contribution in [1.82, 2.24) is 9.80 Å². The average Bonchev–Trinajstić information content (AvgIpc) is 3.05. The van der Waals surface area contributed by atoms with E-state index >= 15 is 0 Å². The van der Waals surface area contributed by atoms with E-state index in [0.717, 1.165) is 28.6 Å². The molecule has 0 aliphatic carbocycles. The van der Waals surface area contributed by atoms with E-state index in [1.807, 2.05) is 30.3 Å². The number of methoxy groups -OCH3 is 1. The van der Waals surface area contributed by atoms with Gasteiger partial charge in [0.1, 0.15) is 5.75 Å². The van der Waals surface area contributed by atoms with Gasteiger partial charge in [0, 0.05) is 18.7 Å². The molecule has 1 fully saturated rings. The summed E-state index contributed by atoms with van der Waals surface area (Å²) in [4.78, 5) is 39.7. The Kier molecular flexibility index (Phi) is 6.72. The van der Waals surface area contributed by atoms with E-state index in [9.17, 15) is 14.4 Å². The van der Waals surface area contributed by atoms with E-state index in [1.54, 1.807) is 36.3 Å². The first-order chi connectivity index (χ1) is 14.0. The molecule has 1 heterocycles. The maximum absolute atomic E-state index is 13.1. The van der Waals surface area contributed by atoms with Gasteiger partial charge in [0.05, 0.1) is 19.4 Å². The maximum Gasteiger partial charge on any atom is 0.289 e. The third-order valence-electron chi connectivity index (χ3n) is 4.52. The smallest absolute Gasteiger partial charge is 0.289 e.